The molecule has 0 saturated carbocycles. The third-order valence-corrected chi connectivity index (χ3v) is 2.08. The third kappa shape index (κ3) is 1.62. The third-order valence-electron chi connectivity index (χ3n) is 2.08. The normalized spacial score (nSPS) is 24.9. The molecule has 12 heavy (non-hydrogen) atoms. The lowest BCUT2D eigenvalue weighted by molar-refractivity contribution is 0.308. The van der Waals surface area contributed by atoms with Crippen LogP contribution in [0.1, 0.15) is 12.2 Å². The number of nitrogens with two attached hydrogens (primary N) is 1. The monoisotopic (exact) mass is 168 g/mol. The van der Waals surface area contributed by atoms with E-state index >= 15 is 0 Å². The summed E-state index contributed by atoms with van der Waals surface area (Å²) < 4.78 is 4.63. The second kappa shape index (κ2) is 3.20. The van der Waals surface area contributed by atoms with Gasteiger partial charge in [-0.25, -0.2) is 0 Å². The molecule has 2 N–H and O–H groups in total. The molecule has 1 aromatic heterocycles. The van der Waals surface area contributed by atoms with Crippen molar-refractivity contribution in [2.45, 2.75) is 19.0 Å². The predicted octanol–water partition coefficient (Wildman–Crippen LogP) is -0.397. The molecule has 0 unspecified atom stereocenters. The number of hydrogen-bond acceptors (Lipinski definition) is 5. The fourth-order valence-corrected chi connectivity index (χ4v) is 1.47. The van der Waals surface area contributed by atoms with Gasteiger partial charge in [0.15, 0.2) is 5.82 Å². The van der Waals surface area contributed by atoms with Crippen LogP contribution in [0.4, 0.5) is 0 Å². The zero-order valence-corrected chi connectivity index (χ0v) is 6.81. The quantitative estimate of drug-likeness (QED) is 0.651. The summed E-state index contributed by atoms with van der Waals surface area (Å²) in [6, 6.07) is 0.317. The van der Waals surface area contributed by atoms with Crippen LogP contribution in [0.25, 0.3) is 0 Å². The summed E-state index contributed by atoms with van der Waals surface area (Å²) in [7, 11) is 0. The van der Waals surface area contributed by atoms with Gasteiger partial charge in [0.25, 0.3) is 0 Å². The maximum absolute atomic E-state index is 5.75. The first kappa shape index (κ1) is 7.70. The smallest absolute Gasteiger partial charge is 0.213 e. The molecular formula is C7H12N4O. The lowest BCUT2D eigenvalue weighted by atomic mass is 10.3. The second-order valence-corrected chi connectivity index (χ2v) is 3.13. The van der Waals surface area contributed by atoms with Crippen molar-refractivity contribution in [1.82, 2.24) is 15.0 Å². The van der Waals surface area contributed by atoms with E-state index in [2.05, 4.69) is 19.6 Å². The molecule has 2 rings (SSSR count). The molecular weight excluding hydrogens is 156 g/mol. The molecule has 2 heterocycles. The van der Waals surface area contributed by atoms with E-state index in [9.17, 15) is 0 Å². The summed E-state index contributed by atoms with van der Waals surface area (Å²) in [5.41, 5.74) is 5.75. The molecule has 1 atom stereocenters. The highest BCUT2D eigenvalue weighted by Crippen LogP contribution is 2.09. The summed E-state index contributed by atoms with van der Waals surface area (Å²) in [5, 5.41) is 3.74. The molecule has 5 heteroatoms. The Balaban J connectivity index is 1.88. The van der Waals surface area contributed by atoms with Gasteiger partial charge in [-0.1, -0.05) is 5.16 Å². The maximum atomic E-state index is 5.75. The minimum atomic E-state index is 0.317. The number of hydrogen-bond donors (Lipinski definition) is 1. The predicted molar refractivity (Wildman–Crippen MR) is 42.2 cm³/mol. The van der Waals surface area contributed by atoms with E-state index in [1.165, 1.54) is 6.39 Å². The molecule has 66 valence electrons. The summed E-state index contributed by atoms with van der Waals surface area (Å²) >= 11 is 0. The van der Waals surface area contributed by atoms with Gasteiger partial charge in [0.05, 0.1) is 6.54 Å². The van der Waals surface area contributed by atoms with Crippen LogP contribution < -0.4 is 5.73 Å². The van der Waals surface area contributed by atoms with Crippen LogP contribution in [0.15, 0.2) is 10.9 Å². The first-order chi connectivity index (χ1) is 5.84. The van der Waals surface area contributed by atoms with E-state index in [-0.39, 0.29) is 0 Å². The van der Waals surface area contributed by atoms with Crippen LogP contribution in [0.2, 0.25) is 0 Å². The van der Waals surface area contributed by atoms with Gasteiger partial charge in [0.2, 0.25) is 6.39 Å². The van der Waals surface area contributed by atoms with E-state index in [0.29, 0.717) is 6.04 Å². The van der Waals surface area contributed by atoms with Crippen molar-refractivity contribution in [1.29, 1.82) is 0 Å². The van der Waals surface area contributed by atoms with Gasteiger partial charge in [-0.2, -0.15) is 4.98 Å². The van der Waals surface area contributed by atoms with E-state index in [4.69, 9.17) is 5.73 Å². The Labute approximate surface area is 70.5 Å². The van der Waals surface area contributed by atoms with Crippen LogP contribution in [0.3, 0.4) is 0 Å². The highest BCUT2D eigenvalue weighted by Gasteiger charge is 2.19. The van der Waals surface area contributed by atoms with Crippen molar-refractivity contribution < 1.29 is 4.52 Å². The second-order valence-electron chi connectivity index (χ2n) is 3.13. The fraction of sp³-hybridized carbons (Fsp3) is 0.714. The maximum Gasteiger partial charge on any atom is 0.213 e. The van der Waals surface area contributed by atoms with Crippen molar-refractivity contribution in [2.24, 2.45) is 5.73 Å². The molecule has 1 fully saturated rings. The lowest BCUT2D eigenvalue weighted by Gasteiger charge is -2.11. The average Bonchev–Trinajstić information content (AvgIpc) is 2.63. The van der Waals surface area contributed by atoms with Gasteiger partial charge >= 0.3 is 0 Å². The largest absolute Gasteiger partial charge is 0.343 e. The van der Waals surface area contributed by atoms with Gasteiger partial charge in [-0.05, 0) is 6.42 Å². The molecule has 0 bridgehead atoms. The van der Waals surface area contributed by atoms with Gasteiger partial charge in [0, 0.05) is 19.1 Å². The first-order valence-corrected chi connectivity index (χ1v) is 4.08. The number of likely N-dealkylation sites (tertiary alicyclic amines) is 1. The van der Waals surface area contributed by atoms with Crippen LogP contribution >= 0.6 is 0 Å². The molecule has 0 aromatic carbocycles. The van der Waals surface area contributed by atoms with E-state index in [1.54, 1.807) is 0 Å². The van der Waals surface area contributed by atoms with E-state index in [0.717, 1.165) is 31.9 Å². The summed E-state index contributed by atoms with van der Waals surface area (Å²) in [4.78, 5) is 6.18. The minimum absolute atomic E-state index is 0.317. The van der Waals surface area contributed by atoms with Crippen molar-refractivity contribution in [3.8, 4) is 0 Å². The molecule has 0 spiro atoms. The van der Waals surface area contributed by atoms with Crippen molar-refractivity contribution in [2.75, 3.05) is 13.1 Å². The van der Waals surface area contributed by atoms with Crippen LogP contribution in [-0.4, -0.2) is 34.2 Å². The number of aromatic nitrogens is 2. The number of rotatable bonds is 2. The highest BCUT2D eigenvalue weighted by molar-refractivity contribution is 4.84. The number of nitrogens with zero attached hydrogens (tertiary/aromatic N) is 3. The lowest BCUT2D eigenvalue weighted by Crippen LogP contribution is -2.26. The van der Waals surface area contributed by atoms with Crippen molar-refractivity contribution in [3.05, 3.63) is 12.2 Å². The Morgan fingerprint density at radius 1 is 1.75 bits per heavy atom. The van der Waals surface area contributed by atoms with Crippen molar-refractivity contribution >= 4 is 0 Å². The average molecular weight is 168 g/mol. The zero-order valence-electron chi connectivity index (χ0n) is 6.81. The highest BCUT2D eigenvalue weighted by atomic mass is 16.5. The Morgan fingerprint density at radius 2 is 2.67 bits per heavy atom. The Bertz CT molecular complexity index is 236. The standard InChI is InChI=1S/C7H12N4O/c8-6-1-2-11(3-6)4-7-9-5-12-10-7/h5-6H,1-4,8H2/t6-/m0/s1. The Morgan fingerprint density at radius 3 is 3.25 bits per heavy atom. The first-order valence-electron chi connectivity index (χ1n) is 4.08. The molecule has 5 nitrogen and oxygen atoms in total. The molecule has 0 aliphatic carbocycles. The van der Waals surface area contributed by atoms with Crippen molar-refractivity contribution in [3.63, 3.8) is 0 Å². The molecule has 1 saturated heterocycles. The van der Waals surface area contributed by atoms with Gasteiger partial charge < -0.3 is 10.3 Å². The van der Waals surface area contributed by atoms with Gasteiger partial charge in [0.1, 0.15) is 0 Å². The molecule has 0 radical (unpaired) electrons. The van der Waals surface area contributed by atoms with E-state index in [1.807, 2.05) is 0 Å². The van der Waals surface area contributed by atoms with Crippen LogP contribution in [-0.2, 0) is 6.54 Å². The Hall–Kier alpha value is -0.940. The van der Waals surface area contributed by atoms with Gasteiger partial charge in [-0.3, -0.25) is 4.90 Å². The topological polar surface area (TPSA) is 68.2 Å². The summed E-state index contributed by atoms with van der Waals surface area (Å²) in [6.07, 6.45) is 2.42. The van der Waals surface area contributed by atoms with E-state index < -0.39 is 0 Å². The minimum Gasteiger partial charge on any atom is -0.343 e. The molecule has 1 aliphatic heterocycles. The molecule has 1 aromatic rings. The summed E-state index contributed by atoms with van der Waals surface area (Å²) in [5.74, 6) is 0.740. The SMILES string of the molecule is N[C@H]1CCN(Cc2ncon2)C1. The molecule has 0 amide bonds. The van der Waals surface area contributed by atoms with Crippen LogP contribution in [0.5, 0.6) is 0 Å². The Kier molecular flexibility index (Phi) is 2.05. The van der Waals surface area contributed by atoms with Gasteiger partial charge in [-0.15, -0.1) is 0 Å². The summed E-state index contributed by atoms with van der Waals surface area (Å²) in [6.45, 7) is 2.73. The molecule has 1 aliphatic rings. The fourth-order valence-electron chi connectivity index (χ4n) is 1.47. The van der Waals surface area contributed by atoms with Crippen LogP contribution in [0, 0.1) is 0 Å². The zero-order chi connectivity index (χ0) is 8.39.